The van der Waals surface area contributed by atoms with E-state index in [9.17, 15) is 23.1 Å². The van der Waals surface area contributed by atoms with E-state index in [4.69, 9.17) is 4.74 Å². The predicted octanol–water partition coefficient (Wildman–Crippen LogP) is 2.92. The van der Waals surface area contributed by atoms with Crippen molar-refractivity contribution in [2.24, 2.45) is 0 Å². The van der Waals surface area contributed by atoms with Gasteiger partial charge in [-0.05, 0) is 59.8 Å². The van der Waals surface area contributed by atoms with Crippen LogP contribution in [0.2, 0.25) is 0 Å². The van der Waals surface area contributed by atoms with E-state index in [0.717, 1.165) is 6.07 Å². The van der Waals surface area contributed by atoms with Crippen molar-refractivity contribution in [3.63, 3.8) is 0 Å². The van der Waals surface area contributed by atoms with Crippen LogP contribution in [0.3, 0.4) is 0 Å². The zero-order valence-corrected chi connectivity index (χ0v) is 19.7. The molecule has 2 amide bonds. The highest BCUT2D eigenvalue weighted by Gasteiger charge is 2.35. The summed E-state index contributed by atoms with van der Waals surface area (Å²) in [5.41, 5.74) is -0.491. The first-order chi connectivity index (χ1) is 15.1. The standard InChI is InChI=1S/C19H16IN5O6S/c1-11-21-17(23-18(22-11)31-2)24-19(28)25(13-6-4-3-5-7-13)32(29,30)15-10-12(20)8-9-14(15)16(26)27/h3-10H,1-2H3,(H,26,27)(H,21,22,23,24,28). The Bertz CT molecular complexity index is 1290. The van der Waals surface area contributed by atoms with Crippen molar-refractivity contribution in [2.75, 3.05) is 16.7 Å². The summed E-state index contributed by atoms with van der Waals surface area (Å²) in [5.74, 6) is -1.46. The van der Waals surface area contributed by atoms with Gasteiger partial charge in [-0.3, -0.25) is 5.32 Å². The second-order valence-corrected chi connectivity index (χ2v) is 9.17. The molecule has 0 aliphatic rings. The highest BCUT2D eigenvalue weighted by molar-refractivity contribution is 14.1. The number of sulfonamides is 1. The molecule has 0 aliphatic carbocycles. The van der Waals surface area contributed by atoms with Gasteiger partial charge < -0.3 is 9.84 Å². The van der Waals surface area contributed by atoms with Crippen LogP contribution in [-0.4, -0.2) is 47.6 Å². The van der Waals surface area contributed by atoms with Gasteiger partial charge in [-0.15, -0.1) is 0 Å². The van der Waals surface area contributed by atoms with E-state index in [1.165, 1.54) is 50.4 Å². The molecule has 0 fully saturated rings. The lowest BCUT2D eigenvalue weighted by Gasteiger charge is -2.23. The van der Waals surface area contributed by atoms with Crippen LogP contribution in [0.15, 0.2) is 53.4 Å². The number of nitrogens with one attached hydrogen (secondary N) is 1. The van der Waals surface area contributed by atoms with Gasteiger partial charge in [0.2, 0.25) is 5.95 Å². The summed E-state index contributed by atoms with van der Waals surface area (Å²) < 4.78 is 33.0. The molecule has 11 nitrogen and oxygen atoms in total. The van der Waals surface area contributed by atoms with Crippen molar-refractivity contribution in [3.8, 4) is 6.01 Å². The van der Waals surface area contributed by atoms with Crippen LogP contribution in [0.25, 0.3) is 0 Å². The molecule has 32 heavy (non-hydrogen) atoms. The Hall–Kier alpha value is -3.33. The third-order valence-corrected chi connectivity index (χ3v) is 6.42. The van der Waals surface area contributed by atoms with Crippen LogP contribution in [0.1, 0.15) is 16.2 Å². The molecule has 0 unspecified atom stereocenters. The van der Waals surface area contributed by atoms with Gasteiger partial charge in [0, 0.05) is 3.57 Å². The number of para-hydroxylation sites is 1. The number of benzene rings is 2. The first-order valence-corrected chi connectivity index (χ1v) is 11.4. The molecule has 0 saturated heterocycles. The lowest BCUT2D eigenvalue weighted by atomic mass is 10.2. The van der Waals surface area contributed by atoms with E-state index in [0.29, 0.717) is 7.88 Å². The number of rotatable bonds is 6. The number of amides is 2. The highest BCUT2D eigenvalue weighted by Crippen LogP contribution is 2.28. The molecule has 3 rings (SSSR count). The predicted molar refractivity (Wildman–Crippen MR) is 122 cm³/mol. The van der Waals surface area contributed by atoms with Gasteiger partial charge in [-0.1, -0.05) is 18.2 Å². The largest absolute Gasteiger partial charge is 0.478 e. The Balaban J connectivity index is 2.14. The molecule has 0 atom stereocenters. The van der Waals surface area contributed by atoms with E-state index in [1.54, 1.807) is 6.07 Å². The van der Waals surface area contributed by atoms with Gasteiger partial charge in [0.15, 0.2) is 0 Å². The van der Waals surface area contributed by atoms with Gasteiger partial charge in [-0.25, -0.2) is 18.0 Å². The van der Waals surface area contributed by atoms with Gasteiger partial charge in [0.1, 0.15) is 10.7 Å². The summed E-state index contributed by atoms with van der Waals surface area (Å²) in [7, 11) is -3.34. The van der Waals surface area contributed by atoms with E-state index in [-0.39, 0.29) is 23.5 Å². The summed E-state index contributed by atoms with van der Waals surface area (Å²) in [4.78, 5) is 36.1. The molecule has 1 aromatic heterocycles. The van der Waals surface area contributed by atoms with Crippen LogP contribution in [0.4, 0.5) is 16.4 Å². The number of aromatic nitrogens is 3. The average molecular weight is 569 g/mol. The average Bonchev–Trinajstić information content (AvgIpc) is 2.73. The minimum Gasteiger partial charge on any atom is -0.478 e. The minimum absolute atomic E-state index is 0.0158. The number of halogens is 1. The number of aromatic carboxylic acids is 1. The number of urea groups is 1. The first kappa shape index (κ1) is 23.3. The van der Waals surface area contributed by atoms with Crippen LogP contribution < -0.4 is 14.4 Å². The van der Waals surface area contributed by atoms with Gasteiger partial charge >= 0.3 is 18.0 Å². The maximum Gasteiger partial charge on any atom is 0.342 e. The number of ether oxygens (including phenoxy) is 1. The Morgan fingerprint density at radius 1 is 1.09 bits per heavy atom. The highest BCUT2D eigenvalue weighted by atomic mass is 127. The summed E-state index contributed by atoms with van der Waals surface area (Å²) in [5, 5.41) is 11.8. The van der Waals surface area contributed by atoms with Crippen LogP contribution >= 0.6 is 22.6 Å². The van der Waals surface area contributed by atoms with E-state index >= 15 is 0 Å². The maximum atomic E-state index is 13.6. The SMILES string of the molecule is COc1nc(C)nc(NC(=O)N(c2ccccc2)S(=O)(=O)c2cc(I)ccc2C(=O)O)n1. The fourth-order valence-electron chi connectivity index (χ4n) is 2.66. The number of carboxylic acid groups (broad SMARTS) is 1. The molecule has 0 spiro atoms. The maximum absolute atomic E-state index is 13.6. The molecule has 0 aliphatic heterocycles. The van der Waals surface area contributed by atoms with Crippen molar-refractivity contribution in [1.29, 1.82) is 0 Å². The van der Waals surface area contributed by atoms with Crippen molar-refractivity contribution >= 4 is 56.3 Å². The molecule has 3 aromatic rings. The summed E-state index contributed by atoms with van der Waals surface area (Å²) in [6, 6.07) is 10.1. The Kier molecular flexibility index (Phi) is 6.88. The van der Waals surface area contributed by atoms with Crippen LogP contribution in [0, 0.1) is 10.5 Å². The Morgan fingerprint density at radius 2 is 1.78 bits per heavy atom. The van der Waals surface area contributed by atoms with E-state index in [2.05, 4.69) is 20.3 Å². The lowest BCUT2D eigenvalue weighted by molar-refractivity contribution is 0.0692. The molecule has 2 N–H and O–H groups in total. The molecule has 0 saturated carbocycles. The quantitative estimate of drug-likeness (QED) is 0.427. The summed E-state index contributed by atoms with van der Waals surface area (Å²) in [6.45, 7) is 1.54. The fraction of sp³-hybridized carbons (Fsp3) is 0.105. The third kappa shape index (κ3) is 4.94. The number of nitrogens with zero attached hydrogens (tertiary/aromatic N) is 4. The minimum atomic E-state index is -4.66. The van der Waals surface area contributed by atoms with Crippen molar-refractivity contribution in [3.05, 3.63) is 63.5 Å². The topological polar surface area (TPSA) is 152 Å². The zero-order valence-electron chi connectivity index (χ0n) is 16.7. The third-order valence-electron chi connectivity index (χ3n) is 4.00. The lowest BCUT2D eigenvalue weighted by Crippen LogP contribution is -2.41. The molecule has 2 aromatic carbocycles. The number of hydrogen-bond acceptors (Lipinski definition) is 8. The van der Waals surface area contributed by atoms with Crippen LogP contribution in [0.5, 0.6) is 6.01 Å². The fourth-order valence-corrected chi connectivity index (χ4v) is 4.94. The normalized spacial score (nSPS) is 11.0. The number of aryl methyl sites for hydroxylation is 1. The van der Waals surface area contributed by atoms with Crippen molar-refractivity contribution in [2.45, 2.75) is 11.8 Å². The second kappa shape index (κ2) is 9.44. The monoisotopic (exact) mass is 569 g/mol. The van der Waals surface area contributed by atoms with Crippen molar-refractivity contribution in [1.82, 2.24) is 15.0 Å². The van der Waals surface area contributed by atoms with E-state index < -0.39 is 32.5 Å². The number of hydrogen-bond donors (Lipinski definition) is 2. The summed E-state index contributed by atoms with van der Waals surface area (Å²) in [6.07, 6.45) is 0. The number of methoxy groups -OCH3 is 1. The first-order valence-electron chi connectivity index (χ1n) is 8.84. The van der Waals surface area contributed by atoms with Gasteiger partial charge in [-0.2, -0.15) is 19.3 Å². The molecule has 166 valence electrons. The molecular weight excluding hydrogens is 553 g/mol. The number of carboxylic acids is 1. The molecule has 13 heteroatoms. The van der Waals surface area contributed by atoms with Crippen LogP contribution in [-0.2, 0) is 10.0 Å². The molecule has 0 radical (unpaired) electrons. The molecule has 0 bridgehead atoms. The number of carbonyl (C=O) groups is 2. The number of carbonyl (C=O) groups excluding carboxylic acids is 1. The Morgan fingerprint density at radius 3 is 2.41 bits per heavy atom. The van der Waals surface area contributed by atoms with E-state index in [1.807, 2.05) is 22.6 Å². The second-order valence-electron chi connectivity index (χ2n) is 6.17. The van der Waals surface area contributed by atoms with Gasteiger partial charge in [0.25, 0.3) is 10.0 Å². The zero-order chi connectivity index (χ0) is 23.5. The summed E-state index contributed by atoms with van der Waals surface area (Å²) >= 11 is 1.85. The smallest absolute Gasteiger partial charge is 0.342 e. The molecular formula is C19H16IN5O6S. The van der Waals surface area contributed by atoms with Crippen molar-refractivity contribution < 1.29 is 27.9 Å². The Labute approximate surface area is 196 Å². The number of anilines is 2. The van der Waals surface area contributed by atoms with Gasteiger partial charge in [0.05, 0.1) is 18.4 Å². The molecule has 1 heterocycles.